The lowest BCUT2D eigenvalue weighted by molar-refractivity contribution is 0.199. The minimum absolute atomic E-state index is 0.744. The van der Waals surface area contributed by atoms with Gasteiger partial charge in [-0.05, 0) is 60.7 Å². The number of ether oxygens (including phenoxy) is 1. The zero-order valence-electron chi connectivity index (χ0n) is 13.7. The molecule has 1 rings (SSSR count). The summed E-state index contributed by atoms with van der Waals surface area (Å²) < 4.78 is 6.18. The van der Waals surface area contributed by atoms with Gasteiger partial charge in [-0.15, -0.1) is 0 Å². The number of benzene rings is 1. The Morgan fingerprint density at radius 2 is 1.95 bits per heavy atom. The van der Waals surface area contributed by atoms with Crippen LogP contribution in [0.2, 0.25) is 0 Å². The van der Waals surface area contributed by atoms with Crippen LogP contribution in [0.15, 0.2) is 22.7 Å². The smallest absolute Gasteiger partial charge is 0.0587 e. The first-order valence-corrected chi connectivity index (χ1v) is 8.18. The maximum absolute atomic E-state index is 5.03. The third-order valence-corrected chi connectivity index (χ3v) is 3.97. The van der Waals surface area contributed by atoms with E-state index < -0.39 is 0 Å². The van der Waals surface area contributed by atoms with Crippen LogP contribution in [-0.4, -0.2) is 59.4 Å². The normalized spacial score (nSPS) is 11.1. The van der Waals surface area contributed by atoms with Crippen molar-refractivity contribution in [1.29, 1.82) is 0 Å². The van der Waals surface area contributed by atoms with Crippen LogP contribution < -0.4 is 10.2 Å². The molecule has 5 heteroatoms. The van der Waals surface area contributed by atoms with Crippen LogP contribution in [0.5, 0.6) is 0 Å². The summed E-state index contributed by atoms with van der Waals surface area (Å²) in [5.41, 5.74) is 2.53. The van der Waals surface area contributed by atoms with Crippen molar-refractivity contribution in [3.63, 3.8) is 0 Å². The monoisotopic (exact) mass is 357 g/mol. The molecule has 0 aliphatic heterocycles. The van der Waals surface area contributed by atoms with Gasteiger partial charge in [0.2, 0.25) is 0 Å². The molecule has 4 nitrogen and oxygen atoms in total. The lowest BCUT2D eigenvalue weighted by atomic mass is 10.2. The first-order chi connectivity index (χ1) is 10.0. The minimum atomic E-state index is 0.744. The van der Waals surface area contributed by atoms with E-state index in [4.69, 9.17) is 4.74 Å². The van der Waals surface area contributed by atoms with E-state index in [1.54, 1.807) is 7.11 Å². The quantitative estimate of drug-likeness (QED) is 0.651. The molecule has 0 unspecified atom stereocenters. The lowest BCUT2D eigenvalue weighted by Gasteiger charge is -2.22. The highest BCUT2D eigenvalue weighted by Crippen LogP contribution is 2.26. The van der Waals surface area contributed by atoms with Gasteiger partial charge in [0.25, 0.3) is 0 Å². The summed E-state index contributed by atoms with van der Waals surface area (Å²) in [6.45, 7) is 4.66. The van der Waals surface area contributed by atoms with E-state index in [0.29, 0.717) is 0 Å². The van der Waals surface area contributed by atoms with Gasteiger partial charge in [-0.1, -0.05) is 6.07 Å². The van der Waals surface area contributed by atoms with Crippen molar-refractivity contribution < 1.29 is 4.74 Å². The van der Waals surface area contributed by atoms with Gasteiger partial charge in [0.05, 0.1) is 12.3 Å². The van der Waals surface area contributed by atoms with Gasteiger partial charge >= 0.3 is 0 Å². The fraction of sp³-hybridized carbons (Fsp3) is 0.625. The highest BCUT2D eigenvalue weighted by Gasteiger charge is 2.06. The number of nitrogens with zero attached hydrogens (tertiary/aromatic N) is 2. The largest absolute Gasteiger partial charge is 0.383 e. The molecule has 0 radical (unpaired) electrons. The van der Waals surface area contributed by atoms with Crippen LogP contribution >= 0.6 is 15.9 Å². The fourth-order valence-corrected chi connectivity index (χ4v) is 2.85. The molecule has 0 aliphatic carbocycles. The molecule has 0 aliphatic rings. The van der Waals surface area contributed by atoms with Crippen molar-refractivity contribution in [2.45, 2.75) is 13.0 Å². The van der Waals surface area contributed by atoms with Crippen molar-refractivity contribution in [2.75, 3.05) is 59.4 Å². The van der Waals surface area contributed by atoms with E-state index in [1.165, 1.54) is 11.3 Å². The summed E-state index contributed by atoms with van der Waals surface area (Å²) in [6.07, 6.45) is 1.16. The summed E-state index contributed by atoms with van der Waals surface area (Å²) in [5.74, 6) is 0. The minimum Gasteiger partial charge on any atom is -0.383 e. The molecule has 0 bridgehead atoms. The number of anilines is 1. The summed E-state index contributed by atoms with van der Waals surface area (Å²) in [7, 11) is 8.09. The topological polar surface area (TPSA) is 27.7 Å². The Bertz CT molecular complexity index is 413. The number of halogens is 1. The maximum atomic E-state index is 5.03. The fourth-order valence-electron chi connectivity index (χ4n) is 2.12. The van der Waals surface area contributed by atoms with E-state index in [1.807, 2.05) is 0 Å². The van der Waals surface area contributed by atoms with E-state index in [9.17, 15) is 0 Å². The van der Waals surface area contributed by atoms with Crippen molar-refractivity contribution in [2.24, 2.45) is 0 Å². The molecule has 0 saturated heterocycles. The first kappa shape index (κ1) is 18.4. The van der Waals surface area contributed by atoms with Crippen LogP contribution in [0, 0.1) is 0 Å². The second kappa shape index (κ2) is 10.2. The van der Waals surface area contributed by atoms with E-state index in [2.05, 4.69) is 70.4 Å². The molecule has 1 aromatic carbocycles. The van der Waals surface area contributed by atoms with Crippen molar-refractivity contribution in [3.05, 3.63) is 28.2 Å². The molecule has 0 amide bonds. The van der Waals surface area contributed by atoms with Gasteiger partial charge in [0, 0.05) is 38.3 Å². The van der Waals surface area contributed by atoms with Crippen LogP contribution in [0.3, 0.4) is 0 Å². The molecule has 1 N–H and O–H groups in total. The summed E-state index contributed by atoms with van der Waals surface area (Å²) in [4.78, 5) is 4.52. The molecule has 0 saturated carbocycles. The first-order valence-electron chi connectivity index (χ1n) is 7.38. The number of methoxy groups -OCH3 is 1. The number of nitrogens with one attached hydrogen (secondary N) is 1. The number of rotatable bonds is 10. The molecule has 120 valence electrons. The Hall–Kier alpha value is -0.620. The van der Waals surface area contributed by atoms with Gasteiger partial charge in [-0.25, -0.2) is 0 Å². The number of hydrogen-bond acceptors (Lipinski definition) is 4. The molecule has 0 spiro atoms. The summed E-state index contributed by atoms with van der Waals surface area (Å²) in [5, 5.41) is 3.36. The second-order valence-electron chi connectivity index (χ2n) is 5.53. The highest BCUT2D eigenvalue weighted by atomic mass is 79.9. The van der Waals surface area contributed by atoms with Crippen LogP contribution in [0.4, 0.5) is 5.69 Å². The highest BCUT2D eigenvalue weighted by molar-refractivity contribution is 9.10. The van der Waals surface area contributed by atoms with Gasteiger partial charge < -0.3 is 19.9 Å². The van der Waals surface area contributed by atoms with E-state index in [0.717, 1.165) is 43.7 Å². The summed E-state index contributed by atoms with van der Waals surface area (Å²) in [6, 6.07) is 6.56. The Labute approximate surface area is 137 Å². The van der Waals surface area contributed by atoms with Crippen molar-refractivity contribution in [3.8, 4) is 0 Å². The Kier molecular flexibility index (Phi) is 8.92. The van der Waals surface area contributed by atoms with Crippen LogP contribution in [0.25, 0.3) is 0 Å². The standard InChI is InChI=1S/C16H28BrN3O/c1-19(2)9-5-10-20(3)16-7-6-14(12-15(16)17)13-18-8-11-21-4/h6-7,12,18H,5,8-11,13H2,1-4H3. The maximum Gasteiger partial charge on any atom is 0.0587 e. The molecule has 0 aromatic heterocycles. The van der Waals surface area contributed by atoms with Gasteiger partial charge in [0.1, 0.15) is 0 Å². The van der Waals surface area contributed by atoms with Crippen molar-refractivity contribution in [1.82, 2.24) is 10.2 Å². The van der Waals surface area contributed by atoms with Gasteiger partial charge in [0.15, 0.2) is 0 Å². The van der Waals surface area contributed by atoms with E-state index in [-0.39, 0.29) is 0 Å². The predicted molar refractivity (Wildman–Crippen MR) is 94.2 cm³/mol. The molecular weight excluding hydrogens is 330 g/mol. The molecule has 1 aromatic rings. The van der Waals surface area contributed by atoms with E-state index >= 15 is 0 Å². The third kappa shape index (κ3) is 7.27. The Morgan fingerprint density at radius 3 is 2.57 bits per heavy atom. The SMILES string of the molecule is COCCNCc1ccc(N(C)CCCN(C)C)c(Br)c1. The lowest BCUT2D eigenvalue weighted by Crippen LogP contribution is -2.23. The molecule has 0 atom stereocenters. The molecule has 0 heterocycles. The molecule has 0 fully saturated rings. The summed E-state index contributed by atoms with van der Waals surface area (Å²) >= 11 is 3.69. The van der Waals surface area contributed by atoms with Gasteiger partial charge in [-0.2, -0.15) is 0 Å². The van der Waals surface area contributed by atoms with Crippen LogP contribution in [0.1, 0.15) is 12.0 Å². The third-order valence-electron chi connectivity index (χ3n) is 3.33. The Morgan fingerprint density at radius 1 is 1.19 bits per heavy atom. The van der Waals surface area contributed by atoms with Crippen molar-refractivity contribution >= 4 is 21.6 Å². The molecular formula is C16H28BrN3O. The Balaban J connectivity index is 2.48. The average molecular weight is 358 g/mol. The molecule has 21 heavy (non-hydrogen) atoms. The van der Waals surface area contributed by atoms with Gasteiger partial charge in [-0.3, -0.25) is 0 Å². The second-order valence-corrected chi connectivity index (χ2v) is 6.39. The zero-order valence-corrected chi connectivity index (χ0v) is 15.2. The average Bonchev–Trinajstić information content (AvgIpc) is 2.43. The zero-order chi connectivity index (χ0) is 15.7. The number of hydrogen-bond donors (Lipinski definition) is 1. The predicted octanol–water partition coefficient (Wildman–Crippen LogP) is 2.57. The van der Waals surface area contributed by atoms with Crippen LogP contribution in [-0.2, 0) is 11.3 Å².